The fraction of sp³-hybridized carbons (Fsp3) is 0.538. The van der Waals surface area contributed by atoms with Crippen molar-refractivity contribution in [2.45, 2.75) is 13.3 Å². The normalized spacial score (nSPS) is 20.4. The first-order chi connectivity index (χ1) is 7.70. The maximum atomic E-state index is 13.8. The van der Waals surface area contributed by atoms with E-state index in [0.29, 0.717) is 5.92 Å². The number of nitrogens with one attached hydrogen (secondary N) is 1. The van der Waals surface area contributed by atoms with Gasteiger partial charge in [0, 0.05) is 13.1 Å². The van der Waals surface area contributed by atoms with Crippen LogP contribution in [0.1, 0.15) is 12.0 Å². The van der Waals surface area contributed by atoms with E-state index in [1.54, 1.807) is 6.07 Å². The zero-order valence-corrected chi connectivity index (χ0v) is 9.96. The number of hydrogen-bond acceptors (Lipinski definition) is 2. The first-order valence-electron chi connectivity index (χ1n) is 5.86. The fourth-order valence-corrected chi connectivity index (χ4v) is 2.38. The van der Waals surface area contributed by atoms with Crippen molar-refractivity contribution in [2.24, 2.45) is 5.92 Å². The molecule has 1 heterocycles. The summed E-state index contributed by atoms with van der Waals surface area (Å²) in [5, 5.41) is 3.18. The topological polar surface area (TPSA) is 15.3 Å². The predicted octanol–water partition coefficient (Wildman–Crippen LogP) is 2.18. The van der Waals surface area contributed by atoms with Crippen LogP contribution in [0.25, 0.3) is 0 Å². The summed E-state index contributed by atoms with van der Waals surface area (Å²) in [4.78, 5) is 2.15. The smallest absolute Gasteiger partial charge is 0.146 e. The van der Waals surface area contributed by atoms with Gasteiger partial charge in [0.1, 0.15) is 5.82 Å². The SMILES string of the molecule is CNCC1CCN(c2ccc(C)cc2F)C1. The number of anilines is 1. The molecule has 0 aromatic heterocycles. The van der Waals surface area contributed by atoms with Crippen molar-refractivity contribution in [3.8, 4) is 0 Å². The van der Waals surface area contributed by atoms with Gasteiger partial charge in [-0.25, -0.2) is 4.39 Å². The summed E-state index contributed by atoms with van der Waals surface area (Å²) >= 11 is 0. The number of halogens is 1. The van der Waals surface area contributed by atoms with Crippen molar-refractivity contribution in [1.29, 1.82) is 0 Å². The van der Waals surface area contributed by atoms with Crippen LogP contribution in [0.15, 0.2) is 18.2 Å². The van der Waals surface area contributed by atoms with Crippen LogP contribution in [0.2, 0.25) is 0 Å². The lowest BCUT2D eigenvalue weighted by Gasteiger charge is -2.19. The minimum atomic E-state index is -0.0925. The van der Waals surface area contributed by atoms with E-state index in [1.165, 1.54) is 0 Å². The van der Waals surface area contributed by atoms with E-state index in [9.17, 15) is 4.39 Å². The summed E-state index contributed by atoms with van der Waals surface area (Å²) in [7, 11) is 1.97. The van der Waals surface area contributed by atoms with Crippen LogP contribution in [-0.4, -0.2) is 26.7 Å². The van der Waals surface area contributed by atoms with Gasteiger partial charge in [-0.1, -0.05) is 6.07 Å². The van der Waals surface area contributed by atoms with Crippen LogP contribution < -0.4 is 10.2 Å². The van der Waals surface area contributed by atoms with Gasteiger partial charge in [0.05, 0.1) is 5.69 Å². The molecule has 0 aliphatic carbocycles. The summed E-state index contributed by atoms with van der Waals surface area (Å²) in [5.74, 6) is 0.552. The monoisotopic (exact) mass is 222 g/mol. The molecular formula is C13H19FN2. The van der Waals surface area contributed by atoms with Gasteiger partial charge < -0.3 is 10.2 Å². The fourth-order valence-electron chi connectivity index (χ4n) is 2.38. The first-order valence-corrected chi connectivity index (χ1v) is 5.86. The van der Waals surface area contributed by atoms with Crippen molar-refractivity contribution < 1.29 is 4.39 Å². The van der Waals surface area contributed by atoms with Crippen molar-refractivity contribution in [2.75, 3.05) is 31.6 Å². The first kappa shape index (κ1) is 11.4. The Labute approximate surface area is 96.5 Å². The Kier molecular flexibility index (Phi) is 3.44. The van der Waals surface area contributed by atoms with Crippen molar-refractivity contribution in [3.63, 3.8) is 0 Å². The highest BCUT2D eigenvalue weighted by Gasteiger charge is 2.23. The molecule has 0 spiro atoms. The van der Waals surface area contributed by atoms with E-state index in [1.807, 2.05) is 26.1 Å². The molecular weight excluding hydrogens is 203 g/mol. The maximum Gasteiger partial charge on any atom is 0.146 e. The van der Waals surface area contributed by atoms with E-state index in [0.717, 1.165) is 37.3 Å². The van der Waals surface area contributed by atoms with Gasteiger partial charge in [-0.3, -0.25) is 0 Å². The lowest BCUT2D eigenvalue weighted by atomic mass is 10.1. The summed E-state index contributed by atoms with van der Waals surface area (Å²) in [6.07, 6.45) is 1.15. The van der Waals surface area contributed by atoms with E-state index < -0.39 is 0 Å². The van der Waals surface area contributed by atoms with Crippen LogP contribution in [-0.2, 0) is 0 Å². The van der Waals surface area contributed by atoms with Crippen LogP contribution in [0.4, 0.5) is 10.1 Å². The third-order valence-electron chi connectivity index (χ3n) is 3.22. The molecule has 1 atom stereocenters. The third kappa shape index (κ3) is 2.35. The molecule has 0 saturated carbocycles. The van der Waals surface area contributed by atoms with E-state index >= 15 is 0 Å². The number of benzene rings is 1. The largest absolute Gasteiger partial charge is 0.369 e. The molecule has 1 aliphatic rings. The summed E-state index contributed by atoms with van der Waals surface area (Å²) in [6, 6.07) is 5.48. The maximum absolute atomic E-state index is 13.8. The van der Waals surface area contributed by atoms with Crippen LogP contribution in [0.5, 0.6) is 0 Å². The standard InChI is InChI=1S/C13H19FN2/c1-10-3-4-13(12(14)7-10)16-6-5-11(9-16)8-15-2/h3-4,7,11,15H,5-6,8-9H2,1-2H3. The second-order valence-corrected chi connectivity index (χ2v) is 4.61. The molecule has 1 unspecified atom stereocenters. The molecule has 1 aromatic rings. The molecule has 16 heavy (non-hydrogen) atoms. The van der Waals surface area contributed by atoms with Crippen molar-refractivity contribution >= 4 is 5.69 Å². The molecule has 0 amide bonds. The van der Waals surface area contributed by atoms with Gasteiger partial charge in [0.2, 0.25) is 0 Å². The average molecular weight is 222 g/mol. The Balaban J connectivity index is 2.08. The Morgan fingerprint density at radius 2 is 2.31 bits per heavy atom. The molecule has 0 bridgehead atoms. The second-order valence-electron chi connectivity index (χ2n) is 4.61. The highest BCUT2D eigenvalue weighted by atomic mass is 19.1. The minimum absolute atomic E-state index is 0.0925. The highest BCUT2D eigenvalue weighted by Crippen LogP contribution is 2.26. The molecule has 0 radical (unpaired) electrons. The lowest BCUT2D eigenvalue weighted by molar-refractivity contribution is 0.548. The molecule has 1 fully saturated rings. The van der Waals surface area contributed by atoms with Crippen molar-refractivity contribution in [1.82, 2.24) is 5.32 Å². The van der Waals surface area contributed by atoms with E-state index in [-0.39, 0.29) is 5.82 Å². The molecule has 1 N–H and O–H groups in total. The highest BCUT2D eigenvalue weighted by molar-refractivity contribution is 5.49. The minimum Gasteiger partial charge on any atom is -0.369 e. The van der Waals surface area contributed by atoms with Crippen LogP contribution in [0, 0.1) is 18.7 Å². The molecule has 2 nitrogen and oxygen atoms in total. The number of rotatable bonds is 3. The van der Waals surface area contributed by atoms with Gasteiger partial charge in [-0.2, -0.15) is 0 Å². The van der Waals surface area contributed by atoms with Crippen LogP contribution in [0.3, 0.4) is 0 Å². The number of nitrogens with zero attached hydrogens (tertiary/aromatic N) is 1. The molecule has 3 heteroatoms. The molecule has 1 aliphatic heterocycles. The third-order valence-corrected chi connectivity index (χ3v) is 3.22. The summed E-state index contributed by atoms with van der Waals surface area (Å²) in [6.45, 7) is 4.86. The summed E-state index contributed by atoms with van der Waals surface area (Å²) in [5.41, 5.74) is 1.73. The van der Waals surface area contributed by atoms with Crippen molar-refractivity contribution in [3.05, 3.63) is 29.6 Å². The number of aryl methyl sites for hydroxylation is 1. The van der Waals surface area contributed by atoms with Gasteiger partial charge in [-0.15, -0.1) is 0 Å². The quantitative estimate of drug-likeness (QED) is 0.843. The molecule has 1 saturated heterocycles. The van der Waals surface area contributed by atoms with Crippen LogP contribution >= 0.6 is 0 Å². The zero-order chi connectivity index (χ0) is 11.5. The number of hydrogen-bond donors (Lipinski definition) is 1. The Morgan fingerprint density at radius 3 is 3.00 bits per heavy atom. The van der Waals surface area contributed by atoms with E-state index in [2.05, 4.69) is 10.2 Å². The van der Waals surface area contributed by atoms with Gasteiger partial charge in [-0.05, 0) is 50.6 Å². The zero-order valence-electron chi connectivity index (χ0n) is 9.96. The second kappa shape index (κ2) is 4.83. The van der Waals surface area contributed by atoms with Gasteiger partial charge in [0.15, 0.2) is 0 Å². The predicted molar refractivity (Wildman–Crippen MR) is 65.4 cm³/mol. The Morgan fingerprint density at radius 1 is 1.50 bits per heavy atom. The lowest BCUT2D eigenvalue weighted by Crippen LogP contribution is -2.24. The Hall–Kier alpha value is -1.09. The average Bonchev–Trinajstić information content (AvgIpc) is 2.67. The molecule has 88 valence electrons. The van der Waals surface area contributed by atoms with Gasteiger partial charge in [0.25, 0.3) is 0 Å². The Bertz CT molecular complexity index is 365. The van der Waals surface area contributed by atoms with E-state index in [4.69, 9.17) is 0 Å². The summed E-state index contributed by atoms with van der Waals surface area (Å²) < 4.78 is 13.8. The van der Waals surface area contributed by atoms with Gasteiger partial charge >= 0.3 is 0 Å². The molecule has 1 aromatic carbocycles. The molecule has 2 rings (SSSR count).